The molecule has 4 aromatic carbocycles. The third-order valence-corrected chi connectivity index (χ3v) is 8.21. The summed E-state index contributed by atoms with van der Waals surface area (Å²) in [5.74, 6) is -2.80. The molecule has 0 aliphatic heterocycles. The van der Waals surface area contributed by atoms with E-state index in [2.05, 4.69) is 9.88 Å². The van der Waals surface area contributed by atoms with Gasteiger partial charge in [0.1, 0.15) is 11.6 Å². The average molecular weight is 589 g/mol. The van der Waals surface area contributed by atoms with Crippen LogP contribution in [0.5, 0.6) is 0 Å². The highest BCUT2D eigenvalue weighted by atomic mass is 35.5. The molecule has 1 aliphatic rings. The summed E-state index contributed by atoms with van der Waals surface area (Å²) in [4.78, 5) is 26.7. The molecule has 0 unspecified atom stereocenters. The number of aromatic nitrogens is 1. The van der Waals surface area contributed by atoms with Crippen molar-refractivity contribution >= 4 is 46.1 Å². The van der Waals surface area contributed by atoms with Crippen molar-refractivity contribution in [2.24, 2.45) is 0 Å². The van der Waals surface area contributed by atoms with Crippen molar-refractivity contribution in [3.8, 4) is 11.1 Å². The first-order valence-electron chi connectivity index (χ1n) is 12.9. The van der Waals surface area contributed by atoms with Crippen LogP contribution in [0.15, 0.2) is 94.9 Å². The maximum absolute atomic E-state index is 14.2. The van der Waals surface area contributed by atoms with Gasteiger partial charge in [-0.25, -0.2) is 13.6 Å². The quantitative estimate of drug-likeness (QED) is 0.191. The van der Waals surface area contributed by atoms with E-state index < -0.39 is 17.6 Å². The van der Waals surface area contributed by atoms with Crippen molar-refractivity contribution in [2.45, 2.75) is 35.2 Å². The van der Waals surface area contributed by atoms with Gasteiger partial charge in [0.15, 0.2) is 0 Å². The van der Waals surface area contributed by atoms with Gasteiger partial charge in [0.2, 0.25) is 0 Å². The molecule has 0 saturated heterocycles. The molecule has 1 amide bonds. The van der Waals surface area contributed by atoms with Crippen LogP contribution in [0.4, 0.5) is 8.78 Å². The molecule has 2 N–H and O–H groups in total. The molecule has 1 aromatic heterocycles. The summed E-state index contributed by atoms with van der Waals surface area (Å²) in [6.45, 7) is 0.166. The molecule has 0 spiro atoms. The third-order valence-electron chi connectivity index (χ3n) is 6.96. The molecule has 41 heavy (non-hydrogen) atoms. The topological polar surface area (TPSA) is 71.3 Å². The van der Waals surface area contributed by atoms with Crippen LogP contribution >= 0.6 is 23.4 Å². The van der Waals surface area contributed by atoms with E-state index in [1.54, 1.807) is 24.3 Å². The van der Waals surface area contributed by atoms with Gasteiger partial charge in [-0.1, -0.05) is 41.6 Å². The minimum absolute atomic E-state index is 0.154. The summed E-state index contributed by atoms with van der Waals surface area (Å²) >= 11 is 7.73. The maximum atomic E-state index is 14.2. The van der Waals surface area contributed by atoms with Crippen LogP contribution in [0.1, 0.15) is 45.2 Å². The summed E-state index contributed by atoms with van der Waals surface area (Å²) < 4.78 is 30.5. The van der Waals surface area contributed by atoms with E-state index in [1.165, 1.54) is 36.0 Å². The Morgan fingerprint density at radius 1 is 0.951 bits per heavy atom. The second-order valence-corrected chi connectivity index (χ2v) is 11.5. The molecular formula is C32H23ClF2N2O3S. The SMILES string of the molecule is O=C(O)c1ccc(CNC(=O)c2cc(-c3cc(F)cc(F)c3)cc3c2c(Sc2cccc(Cl)c2)cn3C2CC2)cc1. The van der Waals surface area contributed by atoms with Gasteiger partial charge < -0.3 is 15.0 Å². The van der Waals surface area contributed by atoms with Gasteiger partial charge >= 0.3 is 5.97 Å². The largest absolute Gasteiger partial charge is 0.478 e. The number of nitrogens with one attached hydrogen (secondary N) is 1. The minimum Gasteiger partial charge on any atom is -0.478 e. The van der Waals surface area contributed by atoms with Gasteiger partial charge in [-0.3, -0.25) is 4.79 Å². The molecule has 1 fully saturated rings. The van der Waals surface area contributed by atoms with E-state index >= 15 is 0 Å². The van der Waals surface area contributed by atoms with Crippen molar-refractivity contribution in [1.82, 2.24) is 9.88 Å². The number of carboxylic acid groups (broad SMARTS) is 1. The van der Waals surface area contributed by atoms with Crippen LogP contribution in [0.25, 0.3) is 22.0 Å². The Labute approximate surface area is 243 Å². The number of nitrogens with zero attached hydrogens (tertiary/aromatic N) is 1. The Bertz CT molecular complexity index is 1800. The number of carbonyl (C=O) groups is 2. The highest BCUT2D eigenvalue weighted by Gasteiger charge is 2.28. The molecule has 1 aliphatic carbocycles. The summed E-state index contributed by atoms with van der Waals surface area (Å²) in [6.07, 6.45) is 4.03. The molecule has 5 nitrogen and oxygen atoms in total. The number of hydrogen-bond acceptors (Lipinski definition) is 3. The fourth-order valence-corrected chi connectivity index (χ4v) is 6.17. The Morgan fingerprint density at radius 2 is 1.66 bits per heavy atom. The number of carboxylic acids is 1. The predicted octanol–water partition coefficient (Wildman–Crippen LogP) is 8.35. The van der Waals surface area contributed by atoms with E-state index in [-0.39, 0.29) is 24.1 Å². The number of hydrogen-bond donors (Lipinski definition) is 2. The number of halogens is 3. The number of benzene rings is 4. The molecule has 1 heterocycles. The van der Waals surface area contributed by atoms with E-state index in [1.807, 2.05) is 30.5 Å². The molecule has 9 heteroatoms. The molecule has 1 saturated carbocycles. The van der Waals surface area contributed by atoms with Gasteiger partial charge in [-0.05, 0) is 84.1 Å². The molecule has 206 valence electrons. The Morgan fingerprint density at radius 3 is 2.32 bits per heavy atom. The van der Waals surface area contributed by atoms with E-state index in [4.69, 9.17) is 16.7 Å². The zero-order chi connectivity index (χ0) is 28.7. The summed E-state index contributed by atoms with van der Waals surface area (Å²) in [5, 5.41) is 13.4. The number of fused-ring (bicyclic) bond motifs is 1. The lowest BCUT2D eigenvalue weighted by Crippen LogP contribution is -2.23. The summed E-state index contributed by atoms with van der Waals surface area (Å²) in [6, 6.07) is 20.9. The fourth-order valence-electron chi connectivity index (χ4n) is 4.85. The maximum Gasteiger partial charge on any atom is 0.335 e. The first kappa shape index (κ1) is 27.1. The van der Waals surface area contributed by atoms with Gasteiger partial charge in [0.05, 0.1) is 16.6 Å². The molecule has 6 rings (SSSR count). The van der Waals surface area contributed by atoms with E-state index in [0.717, 1.165) is 45.2 Å². The Balaban J connectivity index is 1.46. The van der Waals surface area contributed by atoms with Gasteiger partial charge in [-0.15, -0.1) is 0 Å². The molecule has 5 aromatic rings. The van der Waals surface area contributed by atoms with E-state index in [9.17, 15) is 18.4 Å². The molecule has 0 bridgehead atoms. The number of aromatic carboxylic acids is 1. The van der Waals surface area contributed by atoms with Crippen LogP contribution in [0, 0.1) is 11.6 Å². The lowest BCUT2D eigenvalue weighted by molar-refractivity contribution is 0.0696. The smallest absolute Gasteiger partial charge is 0.335 e. The van der Waals surface area contributed by atoms with Crippen molar-refractivity contribution in [2.75, 3.05) is 0 Å². The van der Waals surface area contributed by atoms with Gasteiger partial charge in [0.25, 0.3) is 5.91 Å². The predicted molar refractivity (Wildman–Crippen MR) is 156 cm³/mol. The van der Waals surface area contributed by atoms with Crippen molar-refractivity contribution in [1.29, 1.82) is 0 Å². The van der Waals surface area contributed by atoms with Crippen LogP contribution in [-0.4, -0.2) is 21.6 Å². The minimum atomic E-state index is -1.03. The Hall–Kier alpha value is -4.14. The third kappa shape index (κ3) is 5.85. The number of amides is 1. The highest BCUT2D eigenvalue weighted by Crippen LogP contribution is 2.45. The summed E-state index contributed by atoms with van der Waals surface area (Å²) in [7, 11) is 0. The second kappa shape index (κ2) is 11.0. The van der Waals surface area contributed by atoms with Crippen LogP contribution in [0.2, 0.25) is 5.02 Å². The Kier molecular flexibility index (Phi) is 7.28. The lowest BCUT2D eigenvalue weighted by atomic mass is 9.99. The van der Waals surface area contributed by atoms with Crippen molar-refractivity contribution < 1.29 is 23.5 Å². The fraction of sp³-hybridized carbons (Fsp3) is 0.125. The highest BCUT2D eigenvalue weighted by molar-refractivity contribution is 7.99. The van der Waals surface area contributed by atoms with Crippen molar-refractivity contribution in [3.05, 3.63) is 118 Å². The molecular weight excluding hydrogens is 566 g/mol. The number of rotatable bonds is 8. The lowest BCUT2D eigenvalue weighted by Gasteiger charge is -2.13. The second-order valence-electron chi connectivity index (χ2n) is 9.95. The zero-order valence-corrected chi connectivity index (χ0v) is 23.1. The first-order chi connectivity index (χ1) is 19.7. The summed E-state index contributed by atoms with van der Waals surface area (Å²) in [5.41, 5.74) is 2.90. The molecule has 0 atom stereocenters. The van der Waals surface area contributed by atoms with Gasteiger partial charge in [-0.2, -0.15) is 0 Å². The van der Waals surface area contributed by atoms with E-state index in [0.29, 0.717) is 21.7 Å². The van der Waals surface area contributed by atoms with Crippen LogP contribution in [-0.2, 0) is 6.54 Å². The standard InChI is InChI=1S/C32H23ClF2N2O3S/c33-22-2-1-3-26(14-22)41-29-17-37(25-8-9-25)28-13-21(20-10-23(34)15-24(35)11-20)12-27(30(28)29)31(38)36-16-18-4-6-19(7-5-18)32(39)40/h1-7,10-15,17,25H,8-9,16H2,(H,36,38)(H,39,40). The van der Waals surface area contributed by atoms with Crippen LogP contribution in [0.3, 0.4) is 0 Å². The zero-order valence-electron chi connectivity index (χ0n) is 21.5. The average Bonchev–Trinajstić information content (AvgIpc) is 3.73. The van der Waals surface area contributed by atoms with Crippen LogP contribution < -0.4 is 5.32 Å². The first-order valence-corrected chi connectivity index (χ1v) is 14.1. The van der Waals surface area contributed by atoms with Crippen molar-refractivity contribution in [3.63, 3.8) is 0 Å². The molecule has 0 radical (unpaired) electrons. The normalized spacial score (nSPS) is 13.0. The van der Waals surface area contributed by atoms with Gasteiger partial charge in [0, 0.05) is 45.0 Å². The monoisotopic (exact) mass is 588 g/mol. The number of carbonyl (C=O) groups excluding carboxylic acids is 1.